The van der Waals surface area contributed by atoms with Crippen molar-refractivity contribution in [3.05, 3.63) is 18.5 Å². The van der Waals surface area contributed by atoms with Crippen LogP contribution in [0.2, 0.25) is 0 Å². The monoisotopic (exact) mass is 239 g/mol. The fraction of sp³-hybridized carbons (Fsp3) is 0.545. The molecule has 1 heterocycles. The molecule has 0 fully saturated rings. The number of aromatic nitrogens is 2. The van der Waals surface area contributed by atoms with Gasteiger partial charge in [0.15, 0.2) is 0 Å². The summed E-state index contributed by atoms with van der Waals surface area (Å²) in [6, 6.07) is 1.74. The summed E-state index contributed by atoms with van der Waals surface area (Å²) in [5.74, 6) is -0.535. The Morgan fingerprint density at radius 2 is 2.18 bits per heavy atom. The van der Waals surface area contributed by atoms with E-state index in [1.165, 1.54) is 9.58 Å². The smallest absolute Gasteiger partial charge is 0.325 e. The minimum absolute atomic E-state index is 0.00948. The zero-order valence-electron chi connectivity index (χ0n) is 10.1. The Kier molecular flexibility index (Phi) is 5.19. The molecule has 94 valence electrons. The van der Waals surface area contributed by atoms with Crippen LogP contribution in [0.25, 0.3) is 0 Å². The molecule has 1 aromatic heterocycles. The van der Waals surface area contributed by atoms with Gasteiger partial charge in [-0.05, 0) is 19.9 Å². The van der Waals surface area contributed by atoms with Crippen molar-refractivity contribution in [2.24, 2.45) is 0 Å². The average Bonchev–Trinajstić information content (AvgIpc) is 2.78. The summed E-state index contributed by atoms with van der Waals surface area (Å²) in [7, 11) is 0. The van der Waals surface area contributed by atoms with Crippen LogP contribution in [0.1, 0.15) is 13.8 Å². The van der Waals surface area contributed by atoms with Crippen molar-refractivity contribution in [2.45, 2.75) is 20.4 Å². The SMILES string of the molecule is CCOC(=O)CN(CC)C(=O)Cn1cccn1. The van der Waals surface area contributed by atoms with Gasteiger partial charge < -0.3 is 9.64 Å². The molecule has 0 spiro atoms. The van der Waals surface area contributed by atoms with Gasteiger partial charge in [-0.1, -0.05) is 0 Å². The predicted molar refractivity (Wildman–Crippen MR) is 61.1 cm³/mol. The summed E-state index contributed by atoms with van der Waals surface area (Å²) in [6.07, 6.45) is 3.31. The fourth-order valence-corrected chi connectivity index (χ4v) is 1.37. The average molecular weight is 239 g/mol. The van der Waals surface area contributed by atoms with Gasteiger partial charge in [0.1, 0.15) is 13.1 Å². The second-order valence-corrected chi connectivity index (χ2v) is 3.42. The Balaban J connectivity index is 2.49. The third-order valence-electron chi connectivity index (χ3n) is 2.22. The van der Waals surface area contributed by atoms with Crippen LogP contribution >= 0.6 is 0 Å². The number of ether oxygens (including phenoxy) is 1. The van der Waals surface area contributed by atoms with Crippen LogP contribution in [0, 0.1) is 0 Å². The molecule has 0 radical (unpaired) electrons. The summed E-state index contributed by atoms with van der Waals surface area (Å²) in [5, 5.41) is 3.94. The molecule has 6 nitrogen and oxygen atoms in total. The molecule has 0 bridgehead atoms. The number of esters is 1. The van der Waals surface area contributed by atoms with Crippen LogP contribution in [0.4, 0.5) is 0 Å². The first kappa shape index (κ1) is 13.2. The molecule has 0 N–H and O–H groups in total. The van der Waals surface area contributed by atoms with E-state index in [9.17, 15) is 9.59 Å². The van der Waals surface area contributed by atoms with Crippen LogP contribution < -0.4 is 0 Å². The Morgan fingerprint density at radius 1 is 1.41 bits per heavy atom. The standard InChI is InChI=1S/C11H17N3O3/c1-3-13(9-11(16)17-4-2)10(15)8-14-7-5-6-12-14/h5-7H,3-4,8-9H2,1-2H3. The molecule has 0 aliphatic rings. The maximum absolute atomic E-state index is 11.8. The fourth-order valence-electron chi connectivity index (χ4n) is 1.37. The lowest BCUT2D eigenvalue weighted by Crippen LogP contribution is -2.38. The van der Waals surface area contributed by atoms with Crippen LogP contribution in [0.3, 0.4) is 0 Å². The zero-order chi connectivity index (χ0) is 12.7. The van der Waals surface area contributed by atoms with Crippen molar-refractivity contribution in [3.8, 4) is 0 Å². The van der Waals surface area contributed by atoms with Crippen LogP contribution in [-0.2, 0) is 20.9 Å². The first-order valence-corrected chi connectivity index (χ1v) is 5.58. The van der Waals surface area contributed by atoms with E-state index >= 15 is 0 Å². The predicted octanol–water partition coefficient (Wildman–Crippen LogP) is 0.295. The minimum Gasteiger partial charge on any atom is -0.465 e. The highest BCUT2D eigenvalue weighted by Gasteiger charge is 2.16. The molecule has 0 saturated carbocycles. The van der Waals surface area contributed by atoms with Crippen molar-refractivity contribution in [1.29, 1.82) is 0 Å². The van der Waals surface area contributed by atoms with Gasteiger partial charge in [0.2, 0.25) is 5.91 Å². The first-order valence-electron chi connectivity index (χ1n) is 5.58. The van der Waals surface area contributed by atoms with E-state index < -0.39 is 0 Å². The quantitative estimate of drug-likeness (QED) is 0.669. The Morgan fingerprint density at radius 3 is 2.71 bits per heavy atom. The Hall–Kier alpha value is -1.85. The normalized spacial score (nSPS) is 10.0. The minimum atomic E-state index is -0.386. The summed E-state index contributed by atoms with van der Waals surface area (Å²) in [5.41, 5.74) is 0. The van der Waals surface area contributed by atoms with E-state index in [0.717, 1.165) is 0 Å². The maximum atomic E-state index is 11.8. The second kappa shape index (κ2) is 6.67. The summed E-state index contributed by atoms with van der Waals surface area (Å²) < 4.78 is 6.33. The van der Waals surface area contributed by atoms with Crippen LogP contribution in [0.15, 0.2) is 18.5 Å². The van der Waals surface area contributed by atoms with E-state index in [4.69, 9.17) is 4.74 Å². The van der Waals surface area contributed by atoms with Gasteiger partial charge in [0.05, 0.1) is 6.61 Å². The van der Waals surface area contributed by atoms with Gasteiger partial charge in [-0.25, -0.2) is 0 Å². The van der Waals surface area contributed by atoms with Crippen molar-refractivity contribution >= 4 is 11.9 Å². The Labute approximate surface area is 100 Å². The highest BCUT2D eigenvalue weighted by molar-refractivity contribution is 5.81. The molecule has 6 heteroatoms. The summed E-state index contributed by atoms with van der Waals surface area (Å²) in [4.78, 5) is 24.6. The van der Waals surface area contributed by atoms with E-state index in [0.29, 0.717) is 13.2 Å². The molecule has 0 aliphatic carbocycles. The third kappa shape index (κ3) is 4.26. The molecular weight excluding hydrogens is 222 g/mol. The number of rotatable bonds is 6. The van der Waals surface area contributed by atoms with Crippen LogP contribution in [0.5, 0.6) is 0 Å². The molecular formula is C11H17N3O3. The third-order valence-corrected chi connectivity index (χ3v) is 2.22. The molecule has 1 rings (SSSR count). The van der Waals surface area contributed by atoms with Crippen molar-refractivity contribution < 1.29 is 14.3 Å². The van der Waals surface area contributed by atoms with Gasteiger partial charge in [-0.15, -0.1) is 0 Å². The lowest BCUT2D eigenvalue weighted by atomic mass is 10.4. The maximum Gasteiger partial charge on any atom is 0.325 e. The summed E-state index contributed by atoms with van der Waals surface area (Å²) in [6.45, 7) is 4.48. The number of hydrogen-bond acceptors (Lipinski definition) is 4. The van der Waals surface area contributed by atoms with Crippen molar-refractivity contribution in [3.63, 3.8) is 0 Å². The van der Waals surface area contributed by atoms with Gasteiger partial charge in [0.25, 0.3) is 0 Å². The highest BCUT2D eigenvalue weighted by atomic mass is 16.5. The van der Waals surface area contributed by atoms with Crippen molar-refractivity contribution in [2.75, 3.05) is 19.7 Å². The molecule has 0 aromatic carbocycles. The molecule has 0 aliphatic heterocycles. The van der Waals surface area contributed by atoms with E-state index in [1.807, 2.05) is 6.92 Å². The highest BCUT2D eigenvalue weighted by Crippen LogP contribution is 1.95. The molecule has 0 atom stereocenters. The second-order valence-electron chi connectivity index (χ2n) is 3.42. The van der Waals surface area contributed by atoms with Crippen molar-refractivity contribution in [1.82, 2.24) is 14.7 Å². The van der Waals surface area contributed by atoms with Gasteiger partial charge in [-0.3, -0.25) is 14.3 Å². The molecule has 1 amide bonds. The number of carbonyl (C=O) groups excluding carboxylic acids is 2. The van der Waals surface area contributed by atoms with E-state index in [2.05, 4.69) is 5.10 Å². The number of amides is 1. The van der Waals surface area contributed by atoms with E-state index in [1.54, 1.807) is 25.4 Å². The lowest BCUT2D eigenvalue weighted by Gasteiger charge is -2.19. The molecule has 1 aromatic rings. The lowest BCUT2D eigenvalue weighted by molar-refractivity contribution is -0.149. The molecule has 17 heavy (non-hydrogen) atoms. The van der Waals surface area contributed by atoms with Crippen LogP contribution in [-0.4, -0.2) is 46.3 Å². The number of nitrogens with zero attached hydrogens (tertiary/aromatic N) is 3. The molecule has 0 saturated heterocycles. The molecule has 0 unspecified atom stereocenters. The Bertz CT molecular complexity index is 362. The topological polar surface area (TPSA) is 64.4 Å². The largest absolute Gasteiger partial charge is 0.465 e. The van der Waals surface area contributed by atoms with Gasteiger partial charge in [-0.2, -0.15) is 5.10 Å². The van der Waals surface area contributed by atoms with Gasteiger partial charge >= 0.3 is 5.97 Å². The number of likely N-dealkylation sites (N-methyl/N-ethyl adjacent to an activating group) is 1. The zero-order valence-corrected chi connectivity index (χ0v) is 10.1. The number of carbonyl (C=O) groups is 2. The van der Waals surface area contributed by atoms with Gasteiger partial charge in [0, 0.05) is 18.9 Å². The summed E-state index contributed by atoms with van der Waals surface area (Å²) >= 11 is 0. The first-order chi connectivity index (χ1) is 8.17. The van der Waals surface area contributed by atoms with E-state index in [-0.39, 0.29) is 25.0 Å². The number of hydrogen-bond donors (Lipinski definition) is 0.